The van der Waals surface area contributed by atoms with E-state index in [9.17, 15) is 4.79 Å². The lowest BCUT2D eigenvalue weighted by atomic mass is 10.0. The zero-order valence-electron chi connectivity index (χ0n) is 14.4. The van der Waals surface area contributed by atoms with Crippen LogP contribution in [0.2, 0.25) is 0 Å². The van der Waals surface area contributed by atoms with Crippen molar-refractivity contribution in [2.24, 2.45) is 0 Å². The highest BCUT2D eigenvalue weighted by Gasteiger charge is 2.31. The molecule has 1 atom stereocenters. The first-order chi connectivity index (χ1) is 11.5. The van der Waals surface area contributed by atoms with Crippen LogP contribution in [0.25, 0.3) is 0 Å². The Balaban J connectivity index is 1.82. The molecule has 1 saturated heterocycles. The van der Waals surface area contributed by atoms with Crippen molar-refractivity contribution in [2.75, 3.05) is 19.7 Å². The summed E-state index contributed by atoms with van der Waals surface area (Å²) in [5, 5.41) is 4.05. The van der Waals surface area contributed by atoms with E-state index in [4.69, 9.17) is 9.26 Å². The number of amides is 1. The van der Waals surface area contributed by atoms with Crippen LogP contribution in [0.4, 0.5) is 0 Å². The summed E-state index contributed by atoms with van der Waals surface area (Å²) in [6, 6.07) is 1.83. The molecule has 0 N–H and O–H groups in total. The van der Waals surface area contributed by atoms with Gasteiger partial charge in [0.2, 0.25) is 0 Å². The third-order valence-electron chi connectivity index (χ3n) is 4.13. The number of aryl methyl sites for hydroxylation is 2. The van der Waals surface area contributed by atoms with Crippen molar-refractivity contribution >= 4 is 5.91 Å². The lowest BCUT2D eigenvalue weighted by Crippen LogP contribution is -2.43. The van der Waals surface area contributed by atoms with E-state index in [1.54, 1.807) is 18.0 Å². The molecule has 1 fully saturated rings. The summed E-state index contributed by atoms with van der Waals surface area (Å²) in [4.78, 5) is 23.3. The fourth-order valence-electron chi connectivity index (χ4n) is 2.87. The van der Waals surface area contributed by atoms with Crippen LogP contribution < -0.4 is 0 Å². The lowest BCUT2D eigenvalue weighted by molar-refractivity contribution is -0.0249. The average molecular weight is 330 g/mol. The standard InChI is InChI=1S/C17H22N4O3/c1-10(2)16-15(11(3)24-20-16)17(22)21-7-8-23-14(9-21)13-5-6-18-12(4)19-13/h5-6,10,14H,7-9H2,1-4H3/t14-/m1/s1. The molecular weight excluding hydrogens is 308 g/mol. The quantitative estimate of drug-likeness (QED) is 0.859. The molecule has 7 nitrogen and oxygen atoms in total. The maximum absolute atomic E-state index is 13.0. The molecule has 2 aromatic rings. The Morgan fingerprint density at radius 2 is 2.17 bits per heavy atom. The highest BCUT2D eigenvalue weighted by Crippen LogP contribution is 2.26. The summed E-state index contributed by atoms with van der Waals surface area (Å²) < 4.78 is 11.0. The van der Waals surface area contributed by atoms with Crippen molar-refractivity contribution in [3.63, 3.8) is 0 Å². The summed E-state index contributed by atoms with van der Waals surface area (Å²) >= 11 is 0. The van der Waals surface area contributed by atoms with Crippen LogP contribution in [0, 0.1) is 13.8 Å². The monoisotopic (exact) mass is 330 g/mol. The molecule has 0 aliphatic carbocycles. The van der Waals surface area contributed by atoms with Gasteiger partial charge in [0.1, 0.15) is 23.3 Å². The number of hydrogen-bond donors (Lipinski definition) is 0. The predicted molar refractivity (Wildman–Crippen MR) is 86.7 cm³/mol. The van der Waals surface area contributed by atoms with Crippen molar-refractivity contribution in [2.45, 2.75) is 39.7 Å². The molecule has 7 heteroatoms. The zero-order valence-corrected chi connectivity index (χ0v) is 14.4. The van der Waals surface area contributed by atoms with E-state index in [0.717, 1.165) is 5.69 Å². The van der Waals surface area contributed by atoms with Gasteiger partial charge < -0.3 is 14.2 Å². The van der Waals surface area contributed by atoms with E-state index in [-0.39, 0.29) is 17.9 Å². The van der Waals surface area contributed by atoms with Crippen molar-refractivity contribution in [1.82, 2.24) is 20.0 Å². The fourth-order valence-corrected chi connectivity index (χ4v) is 2.87. The van der Waals surface area contributed by atoms with E-state index < -0.39 is 0 Å². The van der Waals surface area contributed by atoms with E-state index >= 15 is 0 Å². The molecule has 24 heavy (non-hydrogen) atoms. The fraction of sp³-hybridized carbons (Fsp3) is 0.529. The van der Waals surface area contributed by atoms with Gasteiger partial charge in [-0.05, 0) is 25.8 Å². The van der Waals surface area contributed by atoms with Crippen LogP contribution in [0.15, 0.2) is 16.8 Å². The molecular formula is C17H22N4O3. The van der Waals surface area contributed by atoms with Gasteiger partial charge in [-0.15, -0.1) is 0 Å². The van der Waals surface area contributed by atoms with E-state index in [1.165, 1.54) is 0 Å². The Labute approximate surface area is 141 Å². The molecule has 1 aliphatic rings. The van der Waals surface area contributed by atoms with E-state index in [1.807, 2.05) is 26.8 Å². The van der Waals surface area contributed by atoms with Gasteiger partial charge in [-0.1, -0.05) is 19.0 Å². The number of ether oxygens (including phenoxy) is 1. The molecule has 0 aromatic carbocycles. The minimum Gasteiger partial charge on any atom is -0.368 e. The summed E-state index contributed by atoms with van der Waals surface area (Å²) in [5.41, 5.74) is 2.08. The molecule has 0 bridgehead atoms. The minimum absolute atomic E-state index is 0.0588. The van der Waals surface area contributed by atoms with Crippen LogP contribution in [-0.2, 0) is 4.74 Å². The summed E-state index contributed by atoms with van der Waals surface area (Å²) in [7, 11) is 0. The average Bonchev–Trinajstić information content (AvgIpc) is 2.96. The maximum Gasteiger partial charge on any atom is 0.259 e. The Bertz CT molecular complexity index is 741. The number of nitrogens with zero attached hydrogens (tertiary/aromatic N) is 4. The van der Waals surface area contributed by atoms with Crippen LogP contribution >= 0.6 is 0 Å². The van der Waals surface area contributed by atoms with Crippen molar-refractivity contribution in [3.8, 4) is 0 Å². The first-order valence-corrected chi connectivity index (χ1v) is 8.14. The van der Waals surface area contributed by atoms with Crippen molar-refractivity contribution in [3.05, 3.63) is 40.8 Å². The number of carbonyl (C=O) groups excluding carboxylic acids is 1. The number of hydrogen-bond acceptors (Lipinski definition) is 6. The lowest BCUT2D eigenvalue weighted by Gasteiger charge is -2.32. The van der Waals surface area contributed by atoms with Gasteiger partial charge in [-0.25, -0.2) is 9.97 Å². The Hall–Kier alpha value is -2.28. The smallest absolute Gasteiger partial charge is 0.259 e. The molecule has 3 heterocycles. The molecule has 0 unspecified atom stereocenters. The van der Waals surface area contributed by atoms with Gasteiger partial charge in [0.15, 0.2) is 0 Å². The summed E-state index contributed by atoms with van der Waals surface area (Å²) in [6.45, 7) is 9.09. The third kappa shape index (κ3) is 3.17. The van der Waals surface area contributed by atoms with Gasteiger partial charge >= 0.3 is 0 Å². The summed E-state index contributed by atoms with van der Waals surface area (Å²) in [5.74, 6) is 1.32. The van der Waals surface area contributed by atoms with Crippen molar-refractivity contribution < 1.29 is 14.1 Å². The molecule has 0 saturated carbocycles. The van der Waals surface area contributed by atoms with Gasteiger partial charge in [0, 0.05) is 12.7 Å². The highest BCUT2D eigenvalue weighted by atomic mass is 16.5. The molecule has 1 amide bonds. The Morgan fingerprint density at radius 1 is 1.38 bits per heavy atom. The van der Waals surface area contributed by atoms with Crippen LogP contribution in [0.1, 0.15) is 59.2 Å². The van der Waals surface area contributed by atoms with Crippen LogP contribution in [-0.4, -0.2) is 45.6 Å². The number of rotatable bonds is 3. The summed E-state index contributed by atoms with van der Waals surface area (Å²) in [6.07, 6.45) is 1.47. The number of carbonyl (C=O) groups is 1. The molecule has 1 aliphatic heterocycles. The van der Waals surface area contributed by atoms with E-state index in [0.29, 0.717) is 42.5 Å². The van der Waals surface area contributed by atoms with Gasteiger partial charge in [-0.2, -0.15) is 0 Å². The molecule has 0 spiro atoms. The molecule has 2 aromatic heterocycles. The molecule has 3 rings (SSSR count). The second-order valence-electron chi connectivity index (χ2n) is 6.29. The van der Waals surface area contributed by atoms with Gasteiger partial charge in [-0.3, -0.25) is 4.79 Å². The highest BCUT2D eigenvalue weighted by molar-refractivity contribution is 5.96. The topological polar surface area (TPSA) is 81.4 Å². The van der Waals surface area contributed by atoms with Gasteiger partial charge in [0.25, 0.3) is 5.91 Å². The molecule has 128 valence electrons. The zero-order chi connectivity index (χ0) is 17.3. The van der Waals surface area contributed by atoms with E-state index in [2.05, 4.69) is 15.1 Å². The third-order valence-corrected chi connectivity index (χ3v) is 4.13. The largest absolute Gasteiger partial charge is 0.368 e. The number of morpholine rings is 1. The van der Waals surface area contributed by atoms with Crippen LogP contribution in [0.3, 0.4) is 0 Å². The maximum atomic E-state index is 13.0. The second kappa shape index (κ2) is 6.68. The van der Waals surface area contributed by atoms with Crippen molar-refractivity contribution in [1.29, 1.82) is 0 Å². The SMILES string of the molecule is Cc1nccc([C@H]2CN(C(=O)c3c(C(C)C)noc3C)CCO2)n1. The first kappa shape index (κ1) is 16.6. The number of aromatic nitrogens is 3. The molecule has 0 radical (unpaired) electrons. The predicted octanol–water partition coefficient (Wildman–Crippen LogP) is 2.42. The Kier molecular flexibility index (Phi) is 4.62. The normalized spacial score (nSPS) is 18.2. The minimum atomic E-state index is -0.243. The second-order valence-corrected chi connectivity index (χ2v) is 6.29. The van der Waals surface area contributed by atoms with Gasteiger partial charge in [0.05, 0.1) is 24.5 Å². The van der Waals surface area contributed by atoms with Crippen LogP contribution in [0.5, 0.6) is 0 Å². The Morgan fingerprint density at radius 3 is 2.88 bits per heavy atom. The first-order valence-electron chi connectivity index (χ1n) is 8.14.